The highest BCUT2D eigenvalue weighted by molar-refractivity contribution is 7.92. The molecule has 4 rings (SSSR count). The number of urea groups is 1. The molecule has 1 aromatic carbocycles. The van der Waals surface area contributed by atoms with Crippen LogP contribution in [0, 0.1) is 11.6 Å². The Labute approximate surface area is 207 Å². The number of ether oxygens (including phenoxy) is 2. The molecule has 1 unspecified atom stereocenters. The van der Waals surface area contributed by atoms with Gasteiger partial charge in [-0.1, -0.05) is 0 Å². The van der Waals surface area contributed by atoms with Crippen LogP contribution in [0.5, 0.6) is 11.6 Å². The lowest BCUT2D eigenvalue weighted by Gasteiger charge is -2.16. The molecule has 2 aromatic heterocycles. The molecule has 2 amide bonds. The zero-order valence-corrected chi connectivity index (χ0v) is 20.5. The van der Waals surface area contributed by atoms with E-state index >= 15 is 0 Å². The van der Waals surface area contributed by atoms with Crippen LogP contribution < -0.4 is 20.1 Å². The van der Waals surface area contributed by atoms with Crippen LogP contribution >= 0.6 is 0 Å². The molecule has 1 aliphatic heterocycles. The standard InChI is InChI=1S/C24H25F2N5O4S/c1-3-27-24(32)31-36(2,33)14-15-9-22-29-21-12-18(19(26)13-28-21)17-6-5-16(25)11-20(17)34-7-4-8-35-23(10-15)30-22/h5-6,9-13H,3-4,7-8,14H2,1-2H3,(H,27,32)(H,28,29,30). The topological polar surface area (TPSA) is 115 Å². The first kappa shape index (κ1) is 25.3. The zero-order chi connectivity index (χ0) is 25.7. The largest absolute Gasteiger partial charge is 0.493 e. The van der Waals surface area contributed by atoms with E-state index in [1.54, 1.807) is 19.1 Å². The summed E-state index contributed by atoms with van der Waals surface area (Å²) in [6.07, 6.45) is 2.88. The maximum absolute atomic E-state index is 14.7. The van der Waals surface area contributed by atoms with E-state index in [9.17, 15) is 17.8 Å². The van der Waals surface area contributed by atoms with Crippen molar-refractivity contribution in [2.75, 3.05) is 31.3 Å². The predicted molar refractivity (Wildman–Crippen MR) is 132 cm³/mol. The number of carbonyl (C=O) groups is 1. The normalized spacial score (nSPS) is 14.6. The summed E-state index contributed by atoms with van der Waals surface area (Å²) in [5, 5.41) is 5.51. The van der Waals surface area contributed by atoms with Gasteiger partial charge in [0.15, 0.2) is 0 Å². The first-order chi connectivity index (χ1) is 17.2. The third kappa shape index (κ3) is 6.45. The highest BCUT2D eigenvalue weighted by atomic mass is 32.2. The number of benzene rings is 1. The van der Waals surface area contributed by atoms with Crippen LogP contribution in [0.1, 0.15) is 18.9 Å². The Bertz CT molecular complexity index is 1410. The number of hydrogen-bond donors (Lipinski definition) is 2. The maximum Gasteiger partial charge on any atom is 0.349 e. The number of aromatic nitrogens is 2. The van der Waals surface area contributed by atoms with Gasteiger partial charge in [-0.2, -0.15) is 4.98 Å². The first-order valence-electron chi connectivity index (χ1n) is 11.2. The Morgan fingerprint density at radius 2 is 1.94 bits per heavy atom. The lowest BCUT2D eigenvalue weighted by atomic mass is 10.0. The van der Waals surface area contributed by atoms with E-state index in [1.165, 1.54) is 30.5 Å². The second-order valence-electron chi connectivity index (χ2n) is 8.09. The molecule has 2 N–H and O–H groups in total. The Balaban J connectivity index is 1.73. The van der Waals surface area contributed by atoms with E-state index in [0.29, 0.717) is 29.9 Å². The predicted octanol–water partition coefficient (Wildman–Crippen LogP) is 4.65. The maximum atomic E-state index is 14.7. The van der Waals surface area contributed by atoms with Crippen molar-refractivity contribution in [3.63, 3.8) is 0 Å². The average molecular weight is 518 g/mol. The van der Waals surface area contributed by atoms with Crippen LogP contribution in [0.4, 0.5) is 25.2 Å². The van der Waals surface area contributed by atoms with Crippen LogP contribution in [0.25, 0.3) is 11.1 Å². The van der Waals surface area contributed by atoms with Crippen molar-refractivity contribution in [3.05, 3.63) is 59.8 Å². The molecule has 1 atom stereocenters. The fourth-order valence-corrected chi connectivity index (χ4v) is 4.85. The number of amides is 2. The molecule has 4 bridgehead atoms. The van der Waals surface area contributed by atoms with Crippen molar-refractivity contribution in [1.82, 2.24) is 15.3 Å². The Morgan fingerprint density at radius 1 is 1.14 bits per heavy atom. The summed E-state index contributed by atoms with van der Waals surface area (Å²) >= 11 is 0. The highest BCUT2D eigenvalue weighted by Gasteiger charge is 2.16. The van der Waals surface area contributed by atoms with Gasteiger partial charge in [-0.05, 0) is 36.8 Å². The van der Waals surface area contributed by atoms with Gasteiger partial charge in [-0.3, -0.25) is 0 Å². The van der Waals surface area contributed by atoms with E-state index in [4.69, 9.17) is 9.47 Å². The van der Waals surface area contributed by atoms with E-state index in [1.807, 2.05) is 0 Å². The molecule has 0 fully saturated rings. The van der Waals surface area contributed by atoms with Gasteiger partial charge in [0.25, 0.3) is 0 Å². The molecule has 0 saturated carbocycles. The van der Waals surface area contributed by atoms with E-state index in [-0.39, 0.29) is 42.0 Å². The Morgan fingerprint density at radius 3 is 2.75 bits per heavy atom. The summed E-state index contributed by atoms with van der Waals surface area (Å²) in [5.41, 5.74) is 1.11. The summed E-state index contributed by atoms with van der Waals surface area (Å²) < 4.78 is 56.8. The molecule has 0 radical (unpaired) electrons. The van der Waals surface area contributed by atoms with Crippen molar-refractivity contribution < 1.29 is 27.3 Å². The molecule has 12 heteroatoms. The summed E-state index contributed by atoms with van der Waals surface area (Å²) in [4.78, 5) is 20.3. The molecule has 3 aromatic rings. The minimum atomic E-state index is -2.90. The average Bonchev–Trinajstić information content (AvgIpc) is 2.79. The molecule has 1 aliphatic rings. The van der Waals surface area contributed by atoms with Crippen molar-refractivity contribution in [3.8, 4) is 22.8 Å². The summed E-state index contributed by atoms with van der Waals surface area (Å²) in [5.74, 6) is -0.108. The second kappa shape index (κ2) is 10.9. The number of nitrogens with zero attached hydrogens (tertiary/aromatic N) is 3. The summed E-state index contributed by atoms with van der Waals surface area (Å²) in [6, 6.07) is 7.94. The molecule has 9 nitrogen and oxygen atoms in total. The highest BCUT2D eigenvalue weighted by Crippen LogP contribution is 2.34. The monoisotopic (exact) mass is 517 g/mol. The second-order valence-corrected chi connectivity index (χ2v) is 10.5. The first-order valence-corrected chi connectivity index (χ1v) is 13.3. The molecule has 36 heavy (non-hydrogen) atoms. The van der Waals surface area contributed by atoms with Gasteiger partial charge in [-0.15, -0.1) is 4.36 Å². The third-order valence-electron chi connectivity index (χ3n) is 5.04. The van der Waals surface area contributed by atoms with Gasteiger partial charge < -0.3 is 20.1 Å². The van der Waals surface area contributed by atoms with Gasteiger partial charge >= 0.3 is 6.03 Å². The lowest BCUT2D eigenvalue weighted by Crippen LogP contribution is -2.20. The fraction of sp³-hybridized carbons (Fsp3) is 0.292. The van der Waals surface area contributed by atoms with Gasteiger partial charge in [-0.25, -0.2) is 22.8 Å². The van der Waals surface area contributed by atoms with E-state index in [2.05, 4.69) is 25.0 Å². The van der Waals surface area contributed by atoms with Crippen molar-refractivity contribution in [1.29, 1.82) is 0 Å². The number of hydrogen-bond acceptors (Lipinski definition) is 7. The van der Waals surface area contributed by atoms with E-state index < -0.39 is 27.4 Å². The van der Waals surface area contributed by atoms with Crippen molar-refractivity contribution >= 4 is 27.4 Å². The lowest BCUT2D eigenvalue weighted by molar-refractivity contribution is 0.242. The van der Waals surface area contributed by atoms with Crippen LogP contribution in [0.3, 0.4) is 0 Å². The van der Waals surface area contributed by atoms with Gasteiger partial charge in [0, 0.05) is 42.5 Å². The number of rotatable bonds is 3. The van der Waals surface area contributed by atoms with Crippen molar-refractivity contribution in [2.24, 2.45) is 4.36 Å². The van der Waals surface area contributed by atoms with Crippen molar-refractivity contribution in [2.45, 2.75) is 19.1 Å². The SMILES string of the molecule is CCNC(=O)N=S(C)(=O)Cc1cc2nc(c1)OCCCOc1cc(F)ccc1-c1cc(ncc1F)N2. The minimum absolute atomic E-state index is 0.0260. The van der Waals surface area contributed by atoms with Gasteiger partial charge in [0.2, 0.25) is 5.88 Å². The van der Waals surface area contributed by atoms with Gasteiger partial charge in [0.05, 0.1) is 34.9 Å². The number of nitrogens with one attached hydrogen (secondary N) is 2. The smallest absolute Gasteiger partial charge is 0.349 e. The Hall–Kier alpha value is -3.80. The number of carbonyl (C=O) groups excluding carboxylic acids is 1. The minimum Gasteiger partial charge on any atom is -0.493 e. The van der Waals surface area contributed by atoms with E-state index in [0.717, 1.165) is 6.20 Å². The van der Waals surface area contributed by atoms with Crippen LogP contribution in [0.2, 0.25) is 0 Å². The number of pyridine rings is 2. The fourth-order valence-electron chi connectivity index (χ4n) is 3.58. The number of fused-ring (bicyclic) bond motifs is 6. The zero-order valence-electron chi connectivity index (χ0n) is 19.7. The quantitative estimate of drug-likeness (QED) is 0.520. The summed E-state index contributed by atoms with van der Waals surface area (Å²) in [6.45, 7) is 2.53. The molecular weight excluding hydrogens is 492 g/mol. The van der Waals surface area contributed by atoms with Crippen LogP contribution in [-0.4, -0.2) is 46.2 Å². The molecule has 0 spiro atoms. The number of anilines is 2. The molecule has 0 saturated heterocycles. The third-order valence-corrected chi connectivity index (χ3v) is 6.46. The summed E-state index contributed by atoms with van der Waals surface area (Å²) in [7, 11) is -2.90. The van der Waals surface area contributed by atoms with Crippen LogP contribution in [-0.2, 0) is 15.5 Å². The molecule has 190 valence electrons. The molecule has 3 heterocycles. The number of halogens is 2. The molecular formula is C24H25F2N5O4S. The Kier molecular flexibility index (Phi) is 7.63. The van der Waals surface area contributed by atoms with Gasteiger partial charge in [0.1, 0.15) is 29.0 Å². The van der Waals surface area contributed by atoms with Crippen LogP contribution in [0.15, 0.2) is 47.0 Å². The molecule has 0 aliphatic carbocycles.